The molecule has 2 aliphatic heterocycles. The number of hydrogen-bond donors (Lipinski definition) is 0. The van der Waals surface area contributed by atoms with Crippen LogP contribution in [0.1, 0.15) is 42.5 Å². The summed E-state index contributed by atoms with van der Waals surface area (Å²) in [5.74, 6) is 1.05. The van der Waals surface area contributed by atoms with Crippen LogP contribution in [0.2, 0.25) is 0 Å². The van der Waals surface area contributed by atoms with Gasteiger partial charge in [0.1, 0.15) is 0 Å². The summed E-state index contributed by atoms with van der Waals surface area (Å²) >= 11 is 1.60. The number of nitrogens with zero attached hydrogens (tertiary/aromatic N) is 3. The van der Waals surface area contributed by atoms with Gasteiger partial charge in [-0.1, -0.05) is 0 Å². The van der Waals surface area contributed by atoms with Crippen molar-refractivity contribution in [1.29, 1.82) is 0 Å². The second-order valence-corrected chi connectivity index (χ2v) is 7.93. The first-order valence-electron chi connectivity index (χ1n) is 9.11. The molecule has 2 aliphatic rings. The van der Waals surface area contributed by atoms with E-state index in [9.17, 15) is 9.59 Å². The van der Waals surface area contributed by atoms with E-state index in [0.717, 1.165) is 74.1 Å². The number of thiazole rings is 1. The summed E-state index contributed by atoms with van der Waals surface area (Å²) in [5, 5.41) is 0. The van der Waals surface area contributed by atoms with Gasteiger partial charge in [-0.05, 0) is 49.8 Å². The lowest BCUT2D eigenvalue weighted by Gasteiger charge is -2.32. The Bertz CT molecular complexity index is 780. The van der Waals surface area contributed by atoms with Crippen LogP contribution < -0.4 is 0 Å². The Morgan fingerprint density at radius 3 is 2.84 bits per heavy atom. The lowest BCUT2D eigenvalue weighted by molar-refractivity contribution is -0.127. The zero-order valence-corrected chi connectivity index (χ0v) is 15.1. The lowest BCUT2D eigenvalue weighted by Crippen LogP contribution is -2.39. The van der Waals surface area contributed by atoms with Crippen LogP contribution in [0, 0.1) is 5.92 Å². The smallest absolute Gasteiger partial charge is 0.253 e. The van der Waals surface area contributed by atoms with Crippen LogP contribution in [-0.2, 0) is 4.79 Å². The van der Waals surface area contributed by atoms with Crippen LogP contribution in [0.15, 0.2) is 23.7 Å². The molecule has 4 rings (SSSR count). The van der Waals surface area contributed by atoms with E-state index in [1.54, 1.807) is 11.3 Å². The van der Waals surface area contributed by atoms with Gasteiger partial charge in [0.15, 0.2) is 0 Å². The molecule has 0 unspecified atom stereocenters. The number of likely N-dealkylation sites (tertiary alicyclic amines) is 2. The Labute approximate surface area is 151 Å². The minimum Gasteiger partial charge on any atom is -0.343 e. The van der Waals surface area contributed by atoms with Crippen LogP contribution in [0.25, 0.3) is 10.2 Å². The number of amides is 2. The van der Waals surface area contributed by atoms with Crippen molar-refractivity contribution < 1.29 is 9.59 Å². The standard InChI is InChI=1S/C19H23N3O2S/c23-18-2-1-8-21(18)9-5-14-6-10-22(11-7-14)19(24)15-3-4-17-16(12-15)20-13-25-17/h3-4,12-14H,1-2,5-11H2. The van der Waals surface area contributed by atoms with Crippen molar-refractivity contribution in [2.24, 2.45) is 5.92 Å². The molecule has 2 fully saturated rings. The molecule has 0 aliphatic carbocycles. The molecule has 1 aromatic carbocycles. The molecule has 132 valence electrons. The number of rotatable bonds is 4. The number of piperidine rings is 1. The maximum Gasteiger partial charge on any atom is 0.253 e. The summed E-state index contributed by atoms with van der Waals surface area (Å²) in [6.45, 7) is 3.44. The van der Waals surface area contributed by atoms with E-state index in [0.29, 0.717) is 11.8 Å². The Kier molecular flexibility index (Phi) is 4.70. The lowest BCUT2D eigenvalue weighted by atomic mass is 9.93. The topological polar surface area (TPSA) is 53.5 Å². The average Bonchev–Trinajstić information content (AvgIpc) is 3.27. The SMILES string of the molecule is O=C1CCCN1CCC1CCN(C(=O)c2ccc3scnc3c2)CC1. The zero-order valence-electron chi connectivity index (χ0n) is 14.3. The highest BCUT2D eigenvalue weighted by molar-refractivity contribution is 7.16. The van der Waals surface area contributed by atoms with Crippen molar-refractivity contribution in [3.8, 4) is 0 Å². The molecule has 25 heavy (non-hydrogen) atoms. The maximum atomic E-state index is 12.7. The Morgan fingerprint density at radius 2 is 2.08 bits per heavy atom. The van der Waals surface area contributed by atoms with Gasteiger partial charge in [0.05, 0.1) is 15.7 Å². The number of hydrogen-bond acceptors (Lipinski definition) is 4. The summed E-state index contributed by atoms with van der Waals surface area (Å²) in [4.78, 5) is 32.7. The van der Waals surface area contributed by atoms with Gasteiger partial charge < -0.3 is 9.80 Å². The fraction of sp³-hybridized carbons (Fsp3) is 0.526. The van der Waals surface area contributed by atoms with Crippen LogP contribution in [-0.4, -0.2) is 52.8 Å². The van der Waals surface area contributed by atoms with Gasteiger partial charge >= 0.3 is 0 Å². The highest BCUT2D eigenvalue weighted by Crippen LogP contribution is 2.25. The third-order valence-corrected chi connectivity index (χ3v) is 6.27. The van der Waals surface area contributed by atoms with Gasteiger partial charge in [0.2, 0.25) is 5.91 Å². The molecule has 6 heteroatoms. The van der Waals surface area contributed by atoms with E-state index < -0.39 is 0 Å². The first-order chi connectivity index (χ1) is 12.2. The van der Waals surface area contributed by atoms with Crippen molar-refractivity contribution in [3.63, 3.8) is 0 Å². The van der Waals surface area contributed by atoms with Gasteiger partial charge in [-0.2, -0.15) is 0 Å². The van der Waals surface area contributed by atoms with Crippen molar-refractivity contribution in [2.45, 2.75) is 32.1 Å². The van der Waals surface area contributed by atoms with Crippen LogP contribution >= 0.6 is 11.3 Å². The van der Waals surface area contributed by atoms with E-state index in [1.165, 1.54) is 0 Å². The molecule has 0 atom stereocenters. The quantitative estimate of drug-likeness (QED) is 0.845. The maximum absolute atomic E-state index is 12.7. The number of benzene rings is 1. The molecule has 3 heterocycles. The van der Waals surface area contributed by atoms with Gasteiger partial charge in [-0.15, -0.1) is 11.3 Å². The summed E-state index contributed by atoms with van der Waals surface area (Å²) in [7, 11) is 0. The van der Waals surface area contributed by atoms with Crippen molar-refractivity contribution >= 4 is 33.4 Å². The Hall–Kier alpha value is -1.95. The molecule has 2 saturated heterocycles. The molecule has 0 radical (unpaired) electrons. The van der Waals surface area contributed by atoms with Crippen molar-refractivity contribution in [1.82, 2.24) is 14.8 Å². The molecule has 1 aromatic heterocycles. The van der Waals surface area contributed by atoms with Crippen molar-refractivity contribution in [3.05, 3.63) is 29.3 Å². The van der Waals surface area contributed by atoms with Gasteiger partial charge in [-0.25, -0.2) is 4.98 Å². The largest absolute Gasteiger partial charge is 0.343 e. The van der Waals surface area contributed by atoms with Crippen molar-refractivity contribution in [2.75, 3.05) is 26.2 Å². The fourth-order valence-corrected chi connectivity index (χ4v) is 4.54. The predicted octanol–water partition coefficient (Wildman–Crippen LogP) is 3.16. The molecule has 2 amide bonds. The number of carbonyl (C=O) groups is 2. The minimum absolute atomic E-state index is 0.114. The highest BCUT2D eigenvalue weighted by atomic mass is 32.1. The first-order valence-corrected chi connectivity index (χ1v) is 9.99. The molecule has 0 spiro atoms. The Morgan fingerprint density at radius 1 is 1.24 bits per heavy atom. The molecular weight excluding hydrogens is 334 g/mol. The highest BCUT2D eigenvalue weighted by Gasteiger charge is 2.26. The van der Waals surface area contributed by atoms with Gasteiger partial charge in [-0.3, -0.25) is 9.59 Å². The monoisotopic (exact) mass is 357 g/mol. The normalized spacial score (nSPS) is 19.1. The third-order valence-electron chi connectivity index (χ3n) is 5.46. The van der Waals surface area contributed by atoms with Crippen LogP contribution in [0.3, 0.4) is 0 Å². The molecular formula is C19H23N3O2S. The fourth-order valence-electron chi connectivity index (χ4n) is 3.88. The molecule has 2 aromatic rings. The van der Waals surface area contributed by atoms with E-state index in [4.69, 9.17) is 0 Å². The Balaban J connectivity index is 1.30. The third kappa shape index (κ3) is 3.54. The molecule has 0 bridgehead atoms. The van der Waals surface area contributed by atoms with E-state index >= 15 is 0 Å². The molecule has 0 saturated carbocycles. The second kappa shape index (κ2) is 7.12. The van der Waals surface area contributed by atoms with Crippen LogP contribution in [0.4, 0.5) is 0 Å². The minimum atomic E-state index is 0.114. The van der Waals surface area contributed by atoms with Crippen LogP contribution in [0.5, 0.6) is 0 Å². The summed E-state index contributed by atoms with van der Waals surface area (Å²) in [6, 6.07) is 5.80. The van der Waals surface area contributed by atoms with E-state index in [1.807, 2.05) is 33.5 Å². The van der Waals surface area contributed by atoms with E-state index in [-0.39, 0.29) is 5.91 Å². The average molecular weight is 357 g/mol. The summed E-state index contributed by atoms with van der Waals surface area (Å²) < 4.78 is 1.12. The summed E-state index contributed by atoms with van der Waals surface area (Å²) in [6.07, 6.45) is 4.86. The number of aromatic nitrogens is 1. The number of fused-ring (bicyclic) bond motifs is 1. The molecule has 5 nitrogen and oxygen atoms in total. The summed E-state index contributed by atoms with van der Waals surface area (Å²) in [5.41, 5.74) is 3.45. The first kappa shape index (κ1) is 16.5. The number of carbonyl (C=O) groups excluding carboxylic acids is 2. The van der Waals surface area contributed by atoms with Gasteiger partial charge in [0, 0.05) is 38.2 Å². The second-order valence-electron chi connectivity index (χ2n) is 7.04. The molecule has 0 N–H and O–H groups in total. The van der Waals surface area contributed by atoms with Gasteiger partial charge in [0.25, 0.3) is 5.91 Å². The predicted molar refractivity (Wildman–Crippen MR) is 98.7 cm³/mol. The zero-order chi connectivity index (χ0) is 17.2. The van der Waals surface area contributed by atoms with E-state index in [2.05, 4.69) is 4.98 Å².